The van der Waals surface area contributed by atoms with Crippen LogP contribution in [0.15, 0.2) is 24.3 Å². The van der Waals surface area contributed by atoms with Crippen LogP contribution in [0.25, 0.3) is 0 Å². The minimum atomic E-state index is -1.65. The van der Waals surface area contributed by atoms with Crippen LogP contribution in [0.2, 0.25) is 0 Å². The van der Waals surface area contributed by atoms with Crippen LogP contribution in [0.5, 0.6) is 0 Å². The summed E-state index contributed by atoms with van der Waals surface area (Å²) < 4.78 is 39.5. The molecule has 0 N–H and O–H groups in total. The number of hydrogen-bond donors (Lipinski definition) is 0. The van der Waals surface area contributed by atoms with Crippen molar-refractivity contribution in [2.45, 2.75) is 13.8 Å². The van der Waals surface area contributed by atoms with E-state index in [0.29, 0.717) is 11.4 Å². The van der Waals surface area contributed by atoms with Crippen molar-refractivity contribution >= 4 is 5.78 Å². The highest BCUT2D eigenvalue weighted by Crippen LogP contribution is 2.19. The zero-order chi connectivity index (χ0) is 14.2. The molecular weight excluding hydrogens is 255 g/mol. The lowest BCUT2D eigenvalue weighted by Gasteiger charge is -2.06. The molecule has 0 aliphatic rings. The highest BCUT2D eigenvalue weighted by molar-refractivity contribution is 6.09. The highest BCUT2D eigenvalue weighted by atomic mass is 19.2. The molecule has 19 heavy (non-hydrogen) atoms. The molecule has 1 heterocycles. The van der Waals surface area contributed by atoms with Gasteiger partial charge in [-0.2, -0.15) is 0 Å². The number of carbonyl (C=O) groups is 1. The molecule has 5 heteroatoms. The van der Waals surface area contributed by atoms with E-state index in [1.807, 2.05) is 0 Å². The van der Waals surface area contributed by atoms with E-state index in [9.17, 15) is 18.0 Å². The molecule has 2 rings (SSSR count). The largest absolute Gasteiger partial charge is 0.288 e. The normalized spacial score (nSPS) is 10.6. The molecule has 0 atom stereocenters. The van der Waals surface area contributed by atoms with Gasteiger partial charge in [-0.3, -0.25) is 9.78 Å². The van der Waals surface area contributed by atoms with Gasteiger partial charge in [-0.25, -0.2) is 13.2 Å². The second-order valence-electron chi connectivity index (χ2n) is 4.19. The molecule has 0 spiro atoms. The minimum Gasteiger partial charge on any atom is -0.288 e. The number of halogens is 3. The van der Waals surface area contributed by atoms with Gasteiger partial charge in [0.15, 0.2) is 23.2 Å². The number of benzene rings is 1. The fourth-order valence-electron chi connectivity index (χ4n) is 1.82. The van der Waals surface area contributed by atoms with Gasteiger partial charge in [-0.15, -0.1) is 0 Å². The molecule has 0 amide bonds. The van der Waals surface area contributed by atoms with Gasteiger partial charge in [-0.1, -0.05) is 0 Å². The Balaban J connectivity index is 2.53. The number of hydrogen-bond acceptors (Lipinski definition) is 2. The van der Waals surface area contributed by atoms with E-state index in [1.165, 1.54) is 12.1 Å². The molecular formula is C14H10F3NO. The number of ketones is 1. The smallest absolute Gasteiger partial charge is 0.196 e. The first-order chi connectivity index (χ1) is 8.90. The van der Waals surface area contributed by atoms with E-state index < -0.39 is 28.8 Å². The second-order valence-corrected chi connectivity index (χ2v) is 4.19. The number of aryl methyl sites for hydroxylation is 2. The van der Waals surface area contributed by atoms with Gasteiger partial charge < -0.3 is 0 Å². The Kier molecular flexibility index (Phi) is 3.38. The lowest BCUT2D eigenvalue weighted by atomic mass is 10.0. The van der Waals surface area contributed by atoms with Crippen molar-refractivity contribution in [3.63, 3.8) is 0 Å². The van der Waals surface area contributed by atoms with Crippen molar-refractivity contribution in [3.05, 3.63) is 64.2 Å². The molecule has 0 saturated heterocycles. The quantitative estimate of drug-likeness (QED) is 0.615. The Morgan fingerprint density at radius 3 is 2.16 bits per heavy atom. The van der Waals surface area contributed by atoms with E-state index >= 15 is 0 Å². The molecule has 1 aromatic carbocycles. The zero-order valence-electron chi connectivity index (χ0n) is 10.3. The van der Waals surface area contributed by atoms with Crippen molar-refractivity contribution in [1.29, 1.82) is 0 Å². The zero-order valence-corrected chi connectivity index (χ0v) is 10.3. The summed E-state index contributed by atoms with van der Waals surface area (Å²) in [7, 11) is 0. The van der Waals surface area contributed by atoms with Crippen LogP contribution in [0.1, 0.15) is 27.3 Å². The van der Waals surface area contributed by atoms with Crippen LogP contribution in [0.4, 0.5) is 13.2 Å². The Hall–Kier alpha value is -2.17. The molecule has 2 aromatic rings. The van der Waals surface area contributed by atoms with Crippen LogP contribution in [0.3, 0.4) is 0 Å². The molecule has 0 saturated carbocycles. The summed E-state index contributed by atoms with van der Waals surface area (Å²) in [5, 5.41) is 0. The molecule has 0 aliphatic carbocycles. The third kappa shape index (κ3) is 2.50. The maximum Gasteiger partial charge on any atom is 0.196 e. The maximum absolute atomic E-state index is 13.5. The third-order valence-electron chi connectivity index (χ3n) is 2.62. The fraction of sp³-hybridized carbons (Fsp3) is 0.143. The first-order valence-electron chi connectivity index (χ1n) is 5.53. The molecule has 0 bridgehead atoms. The fourth-order valence-corrected chi connectivity index (χ4v) is 1.82. The summed E-state index contributed by atoms with van der Waals surface area (Å²) >= 11 is 0. The van der Waals surface area contributed by atoms with Gasteiger partial charge in [0.25, 0.3) is 0 Å². The average Bonchev–Trinajstić information content (AvgIpc) is 2.34. The van der Waals surface area contributed by atoms with Crippen molar-refractivity contribution < 1.29 is 18.0 Å². The molecule has 0 radical (unpaired) electrons. The molecule has 0 unspecified atom stereocenters. The minimum absolute atomic E-state index is 0.190. The Morgan fingerprint density at radius 1 is 1.00 bits per heavy atom. The van der Waals surface area contributed by atoms with Gasteiger partial charge in [0.1, 0.15) is 0 Å². The van der Waals surface area contributed by atoms with E-state index in [4.69, 9.17) is 0 Å². The van der Waals surface area contributed by atoms with Gasteiger partial charge in [-0.05, 0) is 38.1 Å². The van der Waals surface area contributed by atoms with Crippen molar-refractivity contribution in [2.75, 3.05) is 0 Å². The molecule has 2 nitrogen and oxygen atoms in total. The Labute approximate surface area is 107 Å². The Morgan fingerprint density at radius 2 is 1.58 bits per heavy atom. The SMILES string of the molecule is Cc1cc(C(=O)c2ccc(F)c(F)c2F)cc(C)n1. The van der Waals surface area contributed by atoms with Crippen LogP contribution >= 0.6 is 0 Å². The van der Waals surface area contributed by atoms with Crippen LogP contribution in [-0.2, 0) is 0 Å². The van der Waals surface area contributed by atoms with Crippen molar-refractivity contribution in [3.8, 4) is 0 Å². The monoisotopic (exact) mass is 265 g/mol. The predicted octanol–water partition coefficient (Wildman–Crippen LogP) is 3.35. The van der Waals surface area contributed by atoms with Crippen LogP contribution < -0.4 is 0 Å². The topological polar surface area (TPSA) is 30.0 Å². The number of rotatable bonds is 2. The first-order valence-corrected chi connectivity index (χ1v) is 5.53. The summed E-state index contributed by atoms with van der Waals surface area (Å²) in [6, 6.07) is 4.60. The average molecular weight is 265 g/mol. The van der Waals surface area contributed by atoms with Crippen LogP contribution in [-0.4, -0.2) is 10.8 Å². The van der Waals surface area contributed by atoms with Crippen LogP contribution in [0, 0.1) is 31.3 Å². The maximum atomic E-state index is 13.5. The Bertz CT molecular complexity index is 648. The standard InChI is InChI=1S/C14H10F3NO/c1-7-5-9(6-8(2)18-7)14(19)10-3-4-11(15)13(17)12(10)16/h3-6H,1-2H3. The number of aromatic nitrogens is 1. The number of pyridine rings is 1. The number of nitrogens with zero attached hydrogens (tertiary/aromatic N) is 1. The lowest BCUT2D eigenvalue weighted by molar-refractivity contribution is 0.103. The molecule has 0 fully saturated rings. The lowest BCUT2D eigenvalue weighted by Crippen LogP contribution is -2.08. The van der Waals surface area contributed by atoms with Gasteiger partial charge in [0.2, 0.25) is 0 Å². The second kappa shape index (κ2) is 4.84. The summed E-state index contributed by atoms with van der Waals surface area (Å²) in [5.74, 6) is -5.15. The summed E-state index contributed by atoms with van der Waals surface area (Å²) in [5.41, 5.74) is 0.872. The van der Waals surface area contributed by atoms with Gasteiger partial charge in [0.05, 0.1) is 5.56 Å². The van der Waals surface area contributed by atoms with E-state index in [2.05, 4.69) is 4.98 Å². The van der Waals surface area contributed by atoms with Gasteiger partial charge >= 0.3 is 0 Å². The van der Waals surface area contributed by atoms with E-state index in [0.717, 1.165) is 12.1 Å². The van der Waals surface area contributed by atoms with E-state index in [1.54, 1.807) is 13.8 Å². The number of carbonyl (C=O) groups excluding carboxylic acids is 1. The predicted molar refractivity (Wildman–Crippen MR) is 63.5 cm³/mol. The third-order valence-corrected chi connectivity index (χ3v) is 2.62. The molecule has 98 valence electrons. The van der Waals surface area contributed by atoms with Gasteiger partial charge in [0, 0.05) is 17.0 Å². The van der Waals surface area contributed by atoms with E-state index in [-0.39, 0.29) is 5.56 Å². The summed E-state index contributed by atoms with van der Waals surface area (Å²) in [6.45, 7) is 3.37. The van der Waals surface area contributed by atoms with Crippen molar-refractivity contribution in [1.82, 2.24) is 4.98 Å². The molecule has 1 aromatic heterocycles. The molecule has 0 aliphatic heterocycles. The summed E-state index contributed by atoms with van der Waals surface area (Å²) in [6.07, 6.45) is 0. The van der Waals surface area contributed by atoms with Crippen molar-refractivity contribution in [2.24, 2.45) is 0 Å². The highest BCUT2D eigenvalue weighted by Gasteiger charge is 2.20. The first kappa shape index (κ1) is 13.3. The summed E-state index contributed by atoms with van der Waals surface area (Å²) in [4.78, 5) is 16.2.